The minimum Gasteiger partial charge on any atom is -0.379 e. The fraction of sp³-hybridized carbons (Fsp3) is 0.625. The van der Waals surface area contributed by atoms with Crippen LogP contribution in [0, 0.1) is 12.8 Å². The fourth-order valence-corrected chi connectivity index (χ4v) is 4.99. The van der Waals surface area contributed by atoms with E-state index in [1.54, 1.807) is 0 Å². The Kier molecular flexibility index (Phi) is 7.08. The summed E-state index contributed by atoms with van der Waals surface area (Å²) in [5.41, 5.74) is 4.16. The number of fused-ring (bicyclic) bond motifs is 1. The van der Waals surface area contributed by atoms with Gasteiger partial charge in [0.05, 0.1) is 13.2 Å². The van der Waals surface area contributed by atoms with E-state index in [2.05, 4.69) is 57.8 Å². The van der Waals surface area contributed by atoms with Gasteiger partial charge in [-0.2, -0.15) is 0 Å². The third-order valence-corrected chi connectivity index (χ3v) is 6.85. The van der Waals surface area contributed by atoms with Crippen LogP contribution in [0.25, 0.3) is 10.9 Å². The van der Waals surface area contributed by atoms with Crippen molar-refractivity contribution >= 4 is 16.8 Å². The molecule has 6 heteroatoms. The number of benzene rings is 1. The Morgan fingerprint density at radius 2 is 1.83 bits per heavy atom. The number of nitrogens with zero attached hydrogens (tertiary/aromatic N) is 3. The summed E-state index contributed by atoms with van der Waals surface area (Å²) in [6.07, 6.45) is 1.91. The number of piperidine rings is 1. The molecule has 0 aliphatic carbocycles. The number of hydrogen-bond acceptors (Lipinski definition) is 4. The van der Waals surface area contributed by atoms with Crippen LogP contribution in [0.15, 0.2) is 24.3 Å². The van der Waals surface area contributed by atoms with Crippen molar-refractivity contribution in [3.63, 3.8) is 0 Å². The van der Waals surface area contributed by atoms with Crippen LogP contribution in [0.5, 0.6) is 0 Å². The molecule has 1 aromatic carbocycles. The number of amides is 1. The molecule has 2 fully saturated rings. The summed E-state index contributed by atoms with van der Waals surface area (Å²) in [7, 11) is 0. The number of carbonyl (C=O) groups is 1. The molecule has 0 atom stereocenters. The van der Waals surface area contributed by atoms with E-state index in [0.29, 0.717) is 0 Å². The van der Waals surface area contributed by atoms with Crippen molar-refractivity contribution in [1.29, 1.82) is 0 Å². The molecule has 0 spiro atoms. The van der Waals surface area contributed by atoms with E-state index in [9.17, 15) is 4.79 Å². The highest BCUT2D eigenvalue weighted by atomic mass is 16.5. The summed E-state index contributed by atoms with van der Waals surface area (Å²) in [6, 6.07) is 8.74. The van der Waals surface area contributed by atoms with Crippen molar-refractivity contribution in [3.05, 3.63) is 35.5 Å². The Labute approximate surface area is 180 Å². The standard InChI is InChI=1S/C24H36N4O2/c1-3-28-19(2)22(21-6-4-5-7-23(21)28)18-27-11-8-20(9-12-27)24(29)25-10-13-26-14-16-30-17-15-26/h4-7,20H,3,8-18H2,1-2H3,(H,25,29). The molecule has 2 saturated heterocycles. The normalized spacial score (nSPS) is 19.4. The first-order valence-corrected chi connectivity index (χ1v) is 11.5. The first-order valence-electron chi connectivity index (χ1n) is 11.5. The number of para-hydroxylation sites is 1. The van der Waals surface area contributed by atoms with Crippen molar-refractivity contribution in [2.45, 2.75) is 39.8 Å². The molecule has 0 saturated carbocycles. The van der Waals surface area contributed by atoms with Crippen LogP contribution in [0.2, 0.25) is 0 Å². The summed E-state index contributed by atoms with van der Waals surface area (Å²) in [5, 5.41) is 4.54. The molecule has 1 aromatic heterocycles. The summed E-state index contributed by atoms with van der Waals surface area (Å²) in [4.78, 5) is 17.5. The highest BCUT2D eigenvalue weighted by Crippen LogP contribution is 2.28. The average Bonchev–Trinajstić information content (AvgIpc) is 3.05. The van der Waals surface area contributed by atoms with Crippen LogP contribution >= 0.6 is 0 Å². The van der Waals surface area contributed by atoms with Gasteiger partial charge in [-0.1, -0.05) is 18.2 Å². The van der Waals surface area contributed by atoms with Crippen LogP contribution < -0.4 is 5.32 Å². The summed E-state index contributed by atoms with van der Waals surface area (Å²) >= 11 is 0. The predicted molar refractivity (Wildman–Crippen MR) is 121 cm³/mol. The number of hydrogen-bond donors (Lipinski definition) is 1. The van der Waals surface area contributed by atoms with Gasteiger partial charge in [0.25, 0.3) is 0 Å². The van der Waals surface area contributed by atoms with Gasteiger partial charge in [-0.05, 0) is 51.4 Å². The van der Waals surface area contributed by atoms with Gasteiger partial charge in [0.15, 0.2) is 0 Å². The summed E-state index contributed by atoms with van der Waals surface area (Å²) < 4.78 is 7.79. The van der Waals surface area contributed by atoms with E-state index in [0.717, 1.165) is 78.4 Å². The lowest BCUT2D eigenvalue weighted by Crippen LogP contribution is -2.44. The number of nitrogens with one attached hydrogen (secondary N) is 1. The highest BCUT2D eigenvalue weighted by Gasteiger charge is 2.26. The minimum atomic E-state index is 0.157. The first-order chi connectivity index (χ1) is 14.7. The number of likely N-dealkylation sites (tertiary alicyclic amines) is 1. The molecule has 0 unspecified atom stereocenters. The fourth-order valence-electron chi connectivity index (χ4n) is 4.99. The number of ether oxygens (including phenoxy) is 1. The third-order valence-electron chi connectivity index (χ3n) is 6.85. The average molecular weight is 413 g/mol. The molecule has 0 radical (unpaired) electrons. The molecule has 30 heavy (non-hydrogen) atoms. The second-order valence-electron chi connectivity index (χ2n) is 8.62. The van der Waals surface area contributed by atoms with Crippen molar-refractivity contribution in [3.8, 4) is 0 Å². The van der Waals surface area contributed by atoms with E-state index in [-0.39, 0.29) is 11.8 Å². The molecule has 0 bridgehead atoms. The molecule has 2 aromatic rings. The molecule has 4 rings (SSSR count). The zero-order valence-corrected chi connectivity index (χ0v) is 18.5. The van der Waals surface area contributed by atoms with Crippen LogP contribution in [0.1, 0.15) is 31.0 Å². The Balaban J connectivity index is 1.27. The van der Waals surface area contributed by atoms with Gasteiger partial charge >= 0.3 is 0 Å². The number of aromatic nitrogens is 1. The van der Waals surface area contributed by atoms with Crippen LogP contribution in [0.3, 0.4) is 0 Å². The topological polar surface area (TPSA) is 49.7 Å². The Bertz CT molecular complexity index is 848. The second-order valence-corrected chi connectivity index (χ2v) is 8.62. The third kappa shape index (κ3) is 4.71. The van der Waals surface area contributed by atoms with Crippen molar-refractivity contribution in [1.82, 2.24) is 19.7 Å². The Morgan fingerprint density at radius 1 is 1.10 bits per heavy atom. The predicted octanol–water partition coefficient (Wildman–Crippen LogP) is 2.63. The molecule has 2 aliphatic rings. The number of aryl methyl sites for hydroxylation is 1. The Morgan fingerprint density at radius 3 is 2.57 bits per heavy atom. The first kappa shape index (κ1) is 21.3. The zero-order chi connectivity index (χ0) is 20.9. The molecule has 6 nitrogen and oxygen atoms in total. The molecule has 164 valence electrons. The van der Waals surface area contributed by atoms with Crippen molar-refractivity contribution in [2.24, 2.45) is 5.92 Å². The second kappa shape index (κ2) is 9.94. The van der Waals surface area contributed by atoms with E-state index in [4.69, 9.17) is 4.74 Å². The molecule has 1 amide bonds. The molecule has 3 heterocycles. The van der Waals surface area contributed by atoms with E-state index >= 15 is 0 Å². The van der Waals surface area contributed by atoms with Gasteiger partial charge < -0.3 is 14.6 Å². The van der Waals surface area contributed by atoms with Gasteiger partial charge in [-0.3, -0.25) is 14.6 Å². The molecule has 2 aliphatic heterocycles. The van der Waals surface area contributed by atoms with Crippen molar-refractivity contribution < 1.29 is 9.53 Å². The minimum absolute atomic E-state index is 0.157. The maximum absolute atomic E-state index is 12.6. The summed E-state index contributed by atoms with van der Waals surface area (Å²) in [5.74, 6) is 0.394. The van der Waals surface area contributed by atoms with Crippen LogP contribution in [0.4, 0.5) is 0 Å². The summed E-state index contributed by atoms with van der Waals surface area (Å²) in [6.45, 7) is 13.7. The Hall–Kier alpha value is -1.89. The maximum Gasteiger partial charge on any atom is 0.223 e. The smallest absolute Gasteiger partial charge is 0.223 e. The SMILES string of the molecule is CCn1c(C)c(CN2CCC(C(=O)NCCN3CCOCC3)CC2)c2ccccc21. The maximum atomic E-state index is 12.6. The molecular weight excluding hydrogens is 376 g/mol. The van der Waals surface area contributed by atoms with E-state index in [1.165, 1.54) is 22.2 Å². The van der Waals surface area contributed by atoms with Gasteiger partial charge in [-0.25, -0.2) is 0 Å². The van der Waals surface area contributed by atoms with E-state index in [1.807, 2.05) is 0 Å². The van der Waals surface area contributed by atoms with Gasteiger partial charge in [0, 0.05) is 61.8 Å². The number of morpholine rings is 1. The van der Waals surface area contributed by atoms with Crippen LogP contribution in [-0.4, -0.2) is 72.8 Å². The van der Waals surface area contributed by atoms with Crippen LogP contribution in [-0.2, 0) is 22.6 Å². The lowest BCUT2D eigenvalue weighted by atomic mass is 9.95. The monoisotopic (exact) mass is 412 g/mol. The van der Waals surface area contributed by atoms with E-state index < -0.39 is 0 Å². The van der Waals surface area contributed by atoms with Gasteiger partial charge in [-0.15, -0.1) is 0 Å². The largest absolute Gasteiger partial charge is 0.379 e. The number of carbonyl (C=O) groups excluding carboxylic acids is 1. The lowest BCUT2D eigenvalue weighted by molar-refractivity contribution is -0.126. The van der Waals surface area contributed by atoms with Crippen molar-refractivity contribution in [2.75, 3.05) is 52.5 Å². The van der Waals surface area contributed by atoms with Gasteiger partial charge in [0.1, 0.15) is 0 Å². The molecular formula is C24H36N4O2. The molecule has 1 N–H and O–H groups in total. The van der Waals surface area contributed by atoms with Gasteiger partial charge in [0.2, 0.25) is 5.91 Å². The lowest BCUT2D eigenvalue weighted by Gasteiger charge is -2.32. The zero-order valence-electron chi connectivity index (χ0n) is 18.5. The quantitative estimate of drug-likeness (QED) is 0.760. The highest BCUT2D eigenvalue weighted by molar-refractivity contribution is 5.85. The number of rotatable bonds is 7.